The van der Waals surface area contributed by atoms with Gasteiger partial charge in [-0.3, -0.25) is 14.4 Å². The first-order chi connectivity index (χ1) is 15.4. The van der Waals surface area contributed by atoms with Crippen LogP contribution in [0.5, 0.6) is 0 Å². The standard InChI is InChI=1S/C26H17Cl2NO3/c1-13(30)26-17-8-4-2-6-15(17)21(16-7-3-5-9-18(16)26)22-23(26)25(32)29(24(22)31)20-12-14(27)10-11-19(20)28/h2-12,21-23H,1H3/t21?,22-,23+,26?/m1/s1. The average molecular weight is 462 g/mol. The van der Waals surface area contributed by atoms with Crippen LogP contribution < -0.4 is 4.90 Å². The van der Waals surface area contributed by atoms with Crippen molar-refractivity contribution in [1.82, 2.24) is 0 Å². The number of anilines is 1. The molecule has 4 nitrogen and oxygen atoms in total. The van der Waals surface area contributed by atoms with Crippen LogP contribution in [0, 0.1) is 11.8 Å². The minimum Gasteiger partial charge on any atom is -0.299 e. The molecule has 7 rings (SSSR count). The number of carbonyl (C=O) groups excluding carboxylic acids is 3. The molecule has 32 heavy (non-hydrogen) atoms. The average Bonchev–Trinajstić information content (AvgIpc) is 3.06. The first-order valence-corrected chi connectivity index (χ1v) is 11.2. The Bertz CT molecular complexity index is 1320. The maximum absolute atomic E-state index is 14.0. The van der Waals surface area contributed by atoms with Crippen molar-refractivity contribution >= 4 is 46.5 Å². The molecule has 3 aliphatic carbocycles. The molecule has 0 N–H and O–H groups in total. The van der Waals surface area contributed by atoms with Gasteiger partial charge in [-0.25, -0.2) is 4.90 Å². The number of nitrogens with zero attached hydrogens (tertiary/aromatic N) is 1. The number of ketones is 1. The molecule has 2 bridgehead atoms. The van der Waals surface area contributed by atoms with Crippen molar-refractivity contribution in [2.45, 2.75) is 18.3 Å². The number of Topliss-reactive ketones (excluding diaryl/α,β-unsaturated/α-hetero) is 1. The van der Waals surface area contributed by atoms with Gasteiger partial charge >= 0.3 is 0 Å². The lowest BCUT2D eigenvalue weighted by molar-refractivity contribution is -0.132. The second kappa shape index (κ2) is 6.53. The van der Waals surface area contributed by atoms with Crippen LogP contribution in [0.3, 0.4) is 0 Å². The number of amides is 2. The fourth-order valence-electron chi connectivity index (χ4n) is 6.26. The van der Waals surface area contributed by atoms with E-state index in [1.165, 1.54) is 13.0 Å². The van der Waals surface area contributed by atoms with Crippen LogP contribution in [0.15, 0.2) is 66.7 Å². The zero-order chi connectivity index (χ0) is 22.4. The van der Waals surface area contributed by atoms with Gasteiger partial charge in [0.2, 0.25) is 11.8 Å². The van der Waals surface area contributed by atoms with E-state index < -0.39 is 23.2 Å². The fraction of sp³-hybridized carbons (Fsp3) is 0.192. The summed E-state index contributed by atoms with van der Waals surface area (Å²) >= 11 is 12.6. The SMILES string of the molecule is CC(=O)C12c3ccccc3C(c3ccccc31)[C@H]1C(=O)N(c3cc(Cl)ccc3Cl)C(=O)[C@H]12. The van der Waals surface area contributed by atoms with Gasteiger partial charge in [0.05, 0.1) is 28.0 Å². The number of benzene rings is 3. The van der Waals surface area contributed by atoms with Gasteiger partial charge in [0.25, 0.3) is 0 Å². The predicted octanol–water partition coefficient (Wildman–Crippen LogP) is 5.13. The summed E-state index contributed by atoms with van der Waals surface area (Å²) < 4.78 is 0. The van der Waals surface area contributed by atoms with E-state index in [4.69, 9.17) is 23.2 Å². The summed E-state index contributed by atoms with van der Waals surface area (Å²) in [5.74, 6) is -2.74. The highest BCUT2D eigenvalue weighted by Crippen LogP contribution is 2.64. The molecular formula is C26H17Cl2NO3. The summed E-state index contributed by atoms with van der Waals surface area (Å²) in [6.45, 7) is 1.52. The van der Waals surface area contributed by atoms with E-state index in [1.807, 2.05) is 48.5 Å². The number of hydrogen-bond donors (Lipinski definition) is 0. The van der Waals surface area contributed by atoms with Crippen LogP contribution in [-0.2, 0) is 19.8 Å². The highest BCUT2D eigenvalue weighted by atomic mass is 35.5. The molecule has 2 amide bonds. The van der Waals surface area contributed by atoms with E-state index >= 15 is 0 Å². The second-order valence-corrected chi connectivity index (χ2v) is 9.47. The van der Waals surface area contributed by atoms with Crippen molar-refractivity contribution in [2.75, 3.05) is 4.90 Å². The van der Waals surface area contributed by atoms with Crippen LogP contribution in [0.25, 0.3) is 0 Å². The second-order valence-electron chi connectivity index (χ2n) is 8.63. The van der Waals surface area contributed by atoms with Crippen molar-refractivity contribution in [2.24, 2.45) is 11.8 Å². The lowest BCUT2D eigenvalue weighted by Gasteiger charge is -2.52. The third-order valence-corrected chi connectivity index (χ3v) is 7.88. The van der Waals surface area contributed by atoms with Gasteiger partial charge in [0.1, 0.15) is 5.78 Å². The van der Waals surface area contributed by atoms with E-state index in [1.54, 1.807) is 12.1 Å². The third-order valence-electron chi connectivity index (χ3n) is 7.32. The first kappa shape index (κ1) is 19.7. The van der Waals surface area contributed by atoms with Crippen molar-refractivity contribution in [3.8, 4) is 0 Å². The molecule has 6 heteroatoms. The molecule has 0 aromatic heterocycles. The molecule has 3 aromatic rings. The quantitative estimate of drug-likeness (QED) is 0.496. The molecule has 3 aromatic carbocycles. The molecule has 0 spiro atoms. The van der Waals surface area contributed by atoms with Crippen LogP contribution in [0.1, 0.15) is 35.1 Å². The maximum Gasteiger partial charge on any atom is 0.239 e. The Hall–Kier alpha value is -2.95. The summed E-state index contributed by atoms with van der Waals surface area (Å²) in [5, 5.41) is 0.629. The van der Waals surface area contributed by atoms with Gasteiger partial charge in [-0.2, -0.15) is 0 Å². The smallest absolute Gasteiger partial charge is 0.239 e. The normalized spacial score (nSPS) is 27.2. The molecule has 2 atom stereocenters. The Morgan fingerprint density at radius 1 is 0.875 bits per heavy atom. The summed E-state index contributed by atoms with van der Waals surface area (Å²) in [4.78, 5) is 42.5. The van der Waals surface area contributed by atoms with E-state index in [0.29, 0.717) is 5.02 Å². The molecule has 0 unspecified atom stereocenters. The first-order valence-electron chi connectivity index (χ1n) is 10.4. The lowest BCUT2D eigenvalue weighted by atomic mass is 9.46. The third kappa shape index (κ3) is 2.17. The molecule has 1 saturated heterocycles. The van der Waals surface area contributed by atoms with Crippen LogP contribution >= 0.6 is 23.2 Å². The summed E-state index contributed by atoms with van der Waals surface area (Å²) in [6, 6.07) is 20.1. The summed E-state index contributed by atoms with van der Waals surface area (Å²) in [5.41, 5.74) is 2.54. The highest BCUT2D eigenvalue weighted by Gasteiger charge is 2.70. The molecule has 1 aliphatic heterocycles. The molecule has 0 radical (unpaired) electrons. The molecular weight excluding hydrogens is 445 g/mol. The zero-order valence-electron chi connectivity index (χ0n) is 17.0. The molecule has 4 aliphatic rings. The summed E-state index contributed by atoms with van der Waals surface area (Å²) in [6.07, 6.45) is 0. The van der Waals surface area contributed by atoms with Crippen molar-refractivity contribution in [3.05, 3.63) is 99.0 Å². The van der Waals surface area contributed by atoms with Gasteiger partial charge in [0, 0.05) is 10.9 Å². The zero-order valence-corrected chi connectivity index (χ0v) is 18.5. The van der Waals surface area contributed by atoms with Crippen molar-refractivity contribution < 1.29 is 14.4 Å². The predicted molar refractivity (Wildman–Crippen MR) is 122 cm³/mol. The molecule has 158 valence electrons. The molecule has 0 saturated carbocycles. The van der Waals surface area contributed by atoms with E-state index in [-0.39, 0.29) is 28.3 Å². The fourth-order valence-corrected chi connectivity index (χ4v) is 6.63. The summed E-state index contributed by atoms with van der Waals surface area (Å²) in [7, 11) is 0. The molecule has 1 fully saturated rings. The number of halogens is 2. The van der Waals surface area contributed by atoms with Crippen LogP contribution in [0.2, 0.25) is 10.0 Å². The van der Waals surface area contributed by atoms with Gasteiger partial charge in [-0.1, -0.05) is 71.7 Å². The van der Waals surface area contributed by atoms with E-state index in [0.717, 1.165) is 27.2 Å². The number of carbonyl (C=O) groups is 3. The van der Waals surface area contributed by atoms with Crippen LogP contribution in [0.4, 0.5) is 5.69 Å². The number of imide groups is 1. The van der Waals surface area contributed by atoms with Crippen molar-refractivity contribution in [3.63, 3.8) is 0 Å². The monoisotopic (exact) mass is 461 g/mol. The van der Waals surface area contributed by atoms with E-state index in [9.17, 15) is 14.4 Å². The number of rotatable bonds is 2. The number of hydrogen-bond acceptors (Lipinski definition) is 3. The Morgan fingerprint density at radius 2 is 1.47 bits per heavy atom. The molecule has 1 heterocycles. The lowest BCUT2D eigenvalue weighted by Crippen LogP contribution is -2.57. The maximum atomic E-state index is 14.0. The highest BCUT2D eigenvalue weighted by molar-refractivity contribution is 6.38. The van der Waals surface area contributed by atoms with Crippen LogP contribution in [-0.4, -0.2) is 17.6 Å². The Balaban J connectivity index is 1.68. The van der Waals surface area contributed by atoms with Crippen molar-refractivity contribution in [1.29, 1.82) is 0 Å². The van der Waals surface area contributed by atoms with Gasteiger partial charge in [-0.05, 0) is 47.4 Å². The van der Waals surface area contributed by atoms with E-state index in [2.05, 4.69) is 0 Å². The van der Waals surface area contributed by atoms with Gasteiger partial charge in [-0.15, -0.1) is 0 Å². The minimum atomic E-state index is -1.22. The largest absolute Gasteiger partial charge is 0.299 e. The Kier molecular flexibility index (Phi) is 4.02. The Morgan fingerprint density at radius 3 is 2.06 bits per heavy atom. The van der Waals surface area contributed by atoms with Gasteiger partial charge < -0.3 is 0 Å². The Labute approximate surface area is 194 Å². The topological polar surface area (TPSA) is 54.5 Å². The minimum absolute atomic E-state index is 0.147. The van der Waals surface area contributed by atoms with Gasteiger partial charge in [0.15, 0.2) is 0 Å².